The molecular weight excluding hydrogens is 535 g/mol. The predicted octanol–water partition coefficient (Wildman–Crippen LogP) is 6.27. The summed E-state index contributed by atoms with van der Waals surface area (Å²) in [6, 6.07) is 23.3. The zero-order chi connectivity index (χ0) is 27.5. The first-order valence-corrected chi connectivity index (χ1v) is 14.1. The summed E-state index contributed by atoms with van der Waals surface area (Å²) in [5.41, 5.74) is 3.04. The third-order valence-corrected chi connectivity index (χ3v) is 7.97. The molecule has 39 heavy (non-hydrogen) atoms. The van der Waals surface area contributed by atoms with E-state index < -0.39 is 5.25 Å². The average molecular weight is 563 g/mol. The summed E-state index contributed by atoms with van der Waals surface area (Å²) in [7, 11) is 0. The highest BCUT2D eigenvalue weighted by atomic mass is 35.5. The number of hydrogen-bond acceptors (Lipinski definition) is 4. The number of carbonyl (C=O) groups excluding carboxylic acids is 2. The van der Waals surface area contributed by atoms with Crippen molar-refractivity contribution in [2.75, 3.05) is 23.7 Å². The quantitative estimate of drug-likeness (QED) is 0.288. The second-order valence-electron chi connectivity index (χ2n) is 9.71. The molecule has 2 heterocycles. The monoisotopic (exact) mass is 562 g/mol. The maximum Gasteiger partial charge on any atom is 0.240 e. The molecular formula is C30H28ClFN4O2S. The first-order chi connectivity index (χ1) is 18.8. The second-order valence-corrected chi connectivity index (χ2v) is 11.2. The third-order valence-electron chi connectivity index (χ3n) is 6.41. The maximum atomic E-state index is 15.3. The molecule has 9 heteroatoms. The lowest BCUT2D eigenvalue weighted by Crippen LogP contribution is -2.43. The Hall–Kier alpha value is -3.62. The molecule has 0 bridgehead atoms. The van der Waals surface area contributed by atoms with Crippen molar-refractivity contribution in [3.63, 3.8) is 0 Å². The van der Waals surface area contributed by atoms with Crippen LogP contribution in [0.2, 0.25) is 5.02 Å². The van der Waals surface area contributed by atoms with E-state index in [0.717, 1.165) is 5.56 Å². The molecule has 0 unspecified atom stereocenters. The van der Waals surface area contributed by atoms with E-state index in [1.807, 2.05) is 62.4 Å². The molecule has 1 aliphatic rings. The fourth-order valence-electron chi connectivity index (χ4n) is 4.57. The van der Waals surface area contributed by atoms with Crippen molar-refractivity contribution < 1.29 is 14.0 Å². The number of amides is 2. The Bertz CT molecular complexity index is 1510. The molecule has 0 fully saturated rings. The predicted molar refractivity (Wildman–Crippen MR) is 155 cm³/mol. The van der Waals surface area contributed by atoms with Crippen LogP contribution >= 0.6 is 23.4 Å². The number of benzene rings is 3. The minimum absolute atomic E-state index is 0.0574. The van der Waals surface area contributed by atoms with Gasteiger partial charge in [0.15, 0.2) is 0 Å². The van der Waals surface area contributed by atoms with E-state index in [9.17, 15) is 9.59 Å². The highest BCUT2D eigenvalue weighted by Crippen LogP contribution is 2.49. The number of para-hydroxylation sites is 1. The molecule has 1 N–H and O–H groups in total. The van der Waals surface area contributed by atoms with Crippen LogP contribution in [0.15, 0.2) is 78.9 Å². The number of hydrogen-bond donors (Lipinski definition) is 1. The van der Waals surface area contributed by atoms with Gasteiger partial charge < -0.3 is 5.32 Å². The molecule has 0 radical (unpaired) electrons. The highest BCUT2D eigenvalue weighted by Gasteiger charge is 2.38. The van der Waals surface area contributed by atoms with Crippen molar-refractivity contribution in [1.82, 2.24) is 15.1 Å². The van der Waals surface area contributed by atoms with E-state index in [4.69, 9.17) is 16.7 Å². The van der Waals surface area contributed by atoms with Crippen LogP contribution in [0.4, 0.5) is 10.2 Å². The zero-order valence-electron chi connectivity index (χ0n) is 21.6. The van der Waals surface area contributed by atoms with Crippen LogP contribution in [-0.4, -0.2) is 40.4 Å². The highest BCUT2D eigenvalue weighted by molar-refractivity contribution is 8.00. The first kappa shape index (κ1) is 27.0. The normalized spacial score (nSPS) is 15.3. The molecule has 3 aromatic carbocycles. The number of aromatic nitrogens is 2. The van der Waals surface area contributed by atoms with Crippen LogP contribution < -0.4 is 10.2 Å². The summed E-state index contributed by atoms with van der Waals surface area (Å²) in [5.74, 6) is -0.213. The summed E-state index contributed by atoms with van der Waals surface area (Å²) >= 11 is 7.97. The number of fused-ring (bicyclic) bond motifs is 1. The number of nitrogens with zero attached hydrogens (tertiary/aromatic N) is 3. The standard InChI is InChI=1S/C30H28ClFN4O2S/c1-19(2)16-33-25(37)17-35-26(38)18-39-29(21-12-6-8-14-23(21)32)27-28(20-10-4-3-5-11-20)34-36(30(27)35)24-15-9-7-13-22(24)31/h3-15,19,29H,16-18H2,1-2H3,(H,33,37)/t29-/m1/s1. The largest absolute Gasteiger partial charge is 0.354 e. The van der Waals surface area contributed by atoms with E-state index in [1.54, 1.807) is 28.9 Å². The van der Waals surface area contributed by atoms with Crippen LogP contribution in [0.3, 0.4) is 0 Å². The third kappa shape index (κ3) is 5.58. The molecule has 5 rings (SSSR count). The van der Waals surface area contributed by atoms with Crippen molar-refractivity contribution in [3.05, 3.63) is 101 Å². The summed E-state index contributed by atoms with van der Waals surface area (Å²) in [6.45, 7) is 4.29. The van der Waals surface area contributed by atoms with Gasteiger partial charge in [-0.2, -0.15) is 5.10 Å². The number of thioether (sulfide) groups is 1. The van der Waals surface area contributed by atoms with Gasteiger partial charge in [0.2, 0.25) is 11.8 Å². The van der Waals surface area contributed by atoms with Gasteiger partial charge in [0.25, 0.3) is 0 Å². The fraction of sp³-hybridized carbons (Fsp3) is 0.233. The average Bonchev–Trinajstić information content (AvgIpc) is 3.25. The van der Waals surface area contributed by atoms with Crippen LogP contribution in [-0.2, 0) is 9.59 Å². The number of carbonyl (C=O) groups is 2. The van der Waals surface area contributed by atoms with Crippen molar-refractivity contribution >= 4 is 41.0 Å². The van der Waals surface area contributed by atoms with Gasteiger partial charge in [-0.3, -0.25) is 14.5 Å². The lowest BCUT2D eigenvalue weighted by molar-refractivity contribution is -0.123. The van der Waals surface area contributed by atoms with Crippen LogP contribution in [0, 0.1) is 11.7 Å². The molecule has 2 amide bonds. The van der Waals surface area contributed by atoms with Gasteiger partial charge in [-0.1, -0.05) is 86.1 Å². The fourth-order valence-corrected chi connectivity index (χ4v) is 6.01. The molecule has 1 atom stereocenters. The number of halogens is 2. The molecule has 0 saturated carbocycles. The molecule has 0 saturated heterocycles. The van der Waals surface area contributed by atoms with Crippen LogP contribution in [0.25, 0.3) is 16.9 Å². The van der Waals surface area contributed by atoms with Gasteiger partial charge in [-0.05, 0) is 24.1 Å². The topological polar surface area (TPSA) is 67.2 Å². The Morgan fingerprint density at radius 2 is 1.77 bits per heavy atom. The van der Waals surface area contributed by atoms with Crippen molar-refractivity contribution in [1.29, 1.82) is 0 Å². The SMILES string of the molecule is CC(C)CNC(=O)CN1C(=O)CS[C@H](c2ccccc2F)c2c(-c3ccccc3)nn(-c3ccccc3Cl)c21. The lowest BCUT2D eigenvalue weighted by atomic mass is 9.99. The van der Waals surface area contributed by atoms with Crippen molar-refractivity contribution in [2.24, 2.45) is 5.92 Å². The molecule has 6 nitrogen and oxygen atoms in total. The van der Waals surface area contributed by atoms with Gasteiger partial charge >= 0.3 is 0 Å². The Balaban J connectivity index is 1.79. The Morgan fingerprint density at radius 3 is 2.49 bits per heavy atom. The lowest BCUT2D eigenvalue weighted by Gasteiger charge is -2.23. The Labute approximate surface area is 236 Å². The van der Waals surface area contributed by atoms with E-state index in [-0.39, 0.29) is 35.8 Å². The first-order valence-electron chi connectivity index (χ1n) is 12.7. The number of nitrogens with one attached hydrogen (secondary N) is 1. The summed E-state index contributed by atoms with van der Waals surface area (Å²) in [5, 5.41) is 7.76. The van der Waals surface area contributed by atoms with Gasteiger partial charge in [-0.15, -0.1) is 11.8 Å². The number of rotatable bonds is 7. The van der Waals surface area contributed by atoms with Crippen molar-refractivity contribution in [3.8, 4) is 16.9 Å². The smallest absolute Gasteiger partial charge is 0.240 e. The molecule has 4 aromatic rings. The Morgan fingerprint density at radius 1 is 1.08 bits per heavy atom. The summed E-state index contributed by atoms with van der Waals surface area (Å²) in [4.78, 5) is 28.2. The molecule has 200 valence electrons. The minimum Gasteiger partial charge on any atom is -0.354 e. The molecule has 0 spiro atoms. The van der Waals surface area contributed by atoms with E-state index in [1.165, 1.54) is 22.7 Å². The van der Waals surface area contributed by atoms with E-state index in [2.05, 4.69) is 5.32 Å². The van der Waals surface area contributed by atoms with E-state index in [0.29, 0.717) is 39.9 Å². The maximum absolute atomic E-state index is 15.3. The van der Waals surface area contributed by atoms with E-state index >= 15 is 4.39 Å². The zero-order valence-corrected chi connectivity index (χ0v) is 23.2. The summed E-state index contributed by atoms with van der Waals surface area (Å²) in [6.07, 6.45) is 0. The van der Waals surface area contributed by atoms with Crippen molar-refractivity contribution in [2.45, 2.75) is 19.1 Å². The second kappa shape index (κ2) is 11.6. The molecule has 1 aromatic heterocycles. The van der Waals surface area contributed by atoms with Crippen LogP contribution in [0.1, 0.15) is 30.2 Å². The number of anilines is 1. The van der Waals surface area contributed by atoms with Gasteiger partial charge in [-0.25, -0.2) is 9.07 Å². The summed E-state index contributed by atoms with van der Waals surface area (Å²) < 4.78 is 16.9. The minimum atomic E-state index is -0.555. The van der Waals surface area contributed by atoms with Gasteiger partial charge in [0.05, 0.1) is 27.4 Å². The van der Waals surface area contributed by atoms with Crippen LogP contribution in [0.5, 0.6) is 0 Å². The van der Waals surface area contributed by atoms with Gasteiger partial charge in [0.1, 0.15) is 18.2 Å². The molecule has 0 aliphatic carbocycles. The Kier molecular flexibility index (Phi) is 8.04. The van der Waals surface area contributed by atoms with Gasteiger partial charge in [0, 0.05) is 23.2 Å². The molecule has 1 aliphatic heterocycles.